The van der Waals surface area contributed by atoms with Gasteiger partial charge in [-0.2, -0.15) is 0 Å². The first-order chi connectivity index (χ1) is 17.1. The van der Waals surface area contributed by atoms with Crippen molar-refractivity contribution in [2.45, 2.75) is 126 Å². The van der Waals surface area contributed by atoms with Gasteiger partial charge in [0.15, 0.2) is 0 Å². The highest BCUT2D eigenvalue weighted by molar-refractivity contribution is 5.84. The zero-order valence-corrected chi connectivity index (χ0v) is 25.4. The number of aliphatic hydroxyl groups is 1. The monoisotopic (exact) mass is 511 g/mol. The maximum Gasteiger partial charge on any atom is 0.226 e. The molecule has 0 spiro atoms. The Kier molecular flexibility index (Phi) is 6.62. The van der Waals surface area contributed by atoms with Crippen molar-refractivity contribution in [3.8, 4) is 0 Å². The minimum Gasteiger partial charge on any atom is -0.393 e. The summed E-state index contributed by atoms with van der Waals surface area (Å²) in [6.45, 7) is 24.5. The van der Waals surface area contributed by atoms with Crippen LogP contribution in [0.4, 0.5) is 0 Å². The second kappa shape index (κ2) is 8.84. The van der Waals surface area contributed by atoms with Crippen LogP contribution in [0.3, 0.4) is 0 Å². The molecule has 0 saturated heterocycles. The number of fused-ring (bicyclic) bond motifs is 7. The number of rotatable bonds is 4. The van der Waals surface area contributed by atoms with Crippen LogP contribution in [-0.2, 0) is 4.79 Å². The molecule has 2 N–H and O–H groups in total. The van der Waals surface area contributed by atoms with Crippen LogP contribution in [0.5, 0.6) is 0 Å². The van der Waals surface area contributed by atoms with Crippen molar-refractivity contribution in [2.24, 2.45) is 62.6 Å². The first kappa shape index (κ1) is 27.7. The molecule has 0 aliphatic heterocycles. The summed E-state index contributed by atoms with van der Waals surface area (Å²) in [5.74, 6) is 3.64. The van der Waals surface area contributed by atoms with Crippen LogP contribution in [0.25, 0.3) is 0 Å². The third kappa shape index (κ3) is 3.64. The van der Waals surface area contributed by atoms with Crippen molar-refractivity contribution in [1.82, 2.24) is 5.32 Å². The van der Waals surface area contributed by atoms with E-state index in [2.05, 4.69) is 67.3 Å². The fraction of sp³-hybridized carbons (Fsp3) is 0.912. The molecular formula is C34H57NO2. The van der Waals surface area contributed by atoms with E-state index < -0.39 is 0 Å². The first-order valence-corrected chi connectivity index (χ1v) is 15.8. The molecule has 37 heavy (non-hydrogen) atoms. The molecule has 0 aromatic heterocycles. The van der Waals surface area contributed by atoms with E-state index in [4.69, 9.17) is 0 Å². The van der Waals surface area contributed by atoms with Gasteiger partial charge < -0.3 is 10.4 Å². The molecule has 0 aromatic rings. The second-order valence-electron chi connectivity index (χ2n) is 16.3. The molecule has 5 aliphatic carbocycles. The van der Waals surface area contributed by atoms with Crippen LogP contribution in [0.2, 0.25) is 0 Å². The van der Waals surface area contributed by atoms with E-state index in [1.165, 1.54) is 44.1 Å². The maximum absolute atomic E-state index is 14.0. The third-order valence-corrected chi connectivity index (χ3v) is 14.2. The maximum atomic E-state index is 14.0. The van der Waals surface area contributed by atoms with Gasteiger partial charge in [0, 0.05) is 6.54 Å². The van der Waals surface area contributed by atoms with Crippen molar-refractivity contribution < 1.29 is 9.90 Å². The summed E-state index contributed by atoms with van der Waals surface area (Å²) < 4.78 is 0. The Bertz CT molecular complexity index is 938. The van der Waals surface area contributed by atoms with Crippen molar-refractivity contribution in [2.75, 3.05) is 6.54 Å². The topological polar surface area (TPSA) is 49.3 Å². The number of hydrogen-bond acceptors (Lipinski definition) is 2. The molecule has 0 bridgehead atoms. The second-order valence-corrected chi connectivity index (χ2v) is 16.3. The van der Waals surface area contributed by atoms with Crippen molar-refractivity contribution in [3.05, 3.63) is 12.2 Å². The highest BCUT2D eigenvalue weighted by atomic mass is 16.3. The lowest BCUT2D eigenvalue weighted by Crippen LogP contribution is -2.67. The predicted molar refractivity (Wildman–Crippen MR) is 153 cm³/mol. The molecule has 5 aliphatic rings. The van der Waals surface area contributed by atoms with E-state index in [0.29, 0.717) is 52.2 Å². The molecule has 1 amide bonds. The molecule has 0 radical (unpaired) electrons. The Hall–Kier alpha value is -0.830. The Morgan fingerprint density at radius 3 is 2.24 bits per heavy atom. The molecule has 0 heterocycles. The fourth-order valence-electron chi connectivity index (χ4n) is 12.0. The zero-order chi connectivity index (χ0) is 27.2. The van der Waals surface area contributed by atoms with Gasteiger partial charge in [-0.3, -0.25) is 4.79 Å². The lowest BCUT2D eigenvalue weighted by atomic mass is 9.32. The van der Waals surface area contributed by atoms with E-state index >= 15 is 0 Å². The number of amides is 1. The van der Waals surface area contributed by atoms with E-state index in [1.807, 2.05) is 0 Å². The normalized spacial score (nSPS) is 50.4. The number of carbonyl (C=O) groups excluding carboxylic acids is 1. The Morgan fingerprint density at radius 1 is 0.892 bits per heavy atom. The van der Waals surface area contributed by atoms with E-state index in [-0.39, 0.29) is 22.3 Å². The molecule has 3 heteroatoms. The molecule has 10 atom stereocenters. The van der Waals surface area contributed by atoms with Gasteiger partial charge in [0.1, 0.15) is 0 Å². The number of aliphatic hydroxyl groups excluding tert-OH is 1. The van der Waals surface area contributed by atoms with Crippen LogP contribution in [0, 0.1) is 62.6 Å². The van der Waals surface area contributed by atoms with Gasteiger partial charge in [-0.15, -0.1) is 0 Å². The summed E-state index contributed by atoms with van der Waals surface area (Å²) in [5.41, 5.74) is 1.95. The van der Waals surface area contributed by atoms with E-state index in [0.717, 1.165) is 32.2 Å². The highest BCUT2D eigenvalue weighted by Crippen LogP contribution is 2.77. The van der Waals surface area contributed by atoms with Crippen LogP contribution in [0.1, 0.15) is 120 Å². The van der Waals surface area contributed by atoms with Gasteiger partial charge in [0.2, 0.25) is 5.91 Å². The Labute approximate surface area is 228 Å². The summed E-state index contributed by atoms with van der Waals surface area (Å²) in [7, 11) is 0. The number of allylic oxidation sites excluding steroid dienone is 1. The fourth-order valence-corrected chi connectivity index (χ4v) is 12.0. The van der Waals surface area contributed by atoms with Gasteiger partial charge in [-0.25, -0.2) is 0 Å². The van der Waals surface area contributed by atoms with Crippen molar-refractivity contribution in [1.29, 1.82) is 0 Å². The molecular weight excluding hydrogens is 454 g/mol. The summed E-state index contributed by atoms with van der Waals surface area (Å²) >= 11 is 0. The standard InChI is InChI=1S/C34H57NO2/c1-21(2)20-35-29(37)34-17-12-23(22(3)4)28(34)24-10-11-26-31(7)15-14-27(36)30(5,6)25(31)13-16-33(26,9)32(24,8)18-19-34/h21,23-28,36H,3,10-20H2,1-2,4-9H3,(H,35,37)/t23-,24+,25-,26+,27-,28+,31-,32+,33+,34-/m0/s1. The molecule has 210 valence electrons. The summed E-state index contributed by atoms with van der Waals surface area (Å²) in [6, 6.07) is 0. The number of nitrogens with one attached hydrogen (secondary N) is 1. The highest BCUT2D eigenvalue weighted by Gasteiger charge is 2.71. The average molecular weight is 512 g/mol. The predicted octanol–water partition coefficient (Wildman–Crippen LogP) is 7.78. The zero-order valence-electron chi connectivity index (χ0n) is 25.4. The minimum atomic E-state index is -0.204. The number of hydrogen-bond donors (Lipinski definition) is 2. The number of carbonyl (C=O) groups is 1. The molecule has 3 nitrogen and oxygen atoms in total. The van der Waals surface area contributed by atoms with Gasteiger partial charge in [-0.1, -0.05) is 60.6 Å². The van der Waals surface area contributed by atoms with Crippen LogP contribution in [-0.4, -0.2) is 23.7 Å². The summed E-state index contributed by atoms with van der Waals surface area (Å²) in [4.78, 5) is 14.0. The van der Waals surface area contributed by atoms with Crippen molar-refractivity contribution in [3.63, 3.8) is 0 Å². The van der Waals surface area contributed by atoms with Gasteiger partial charge in [0.05, 0.1) is 11.5 Å². The lowest BCUT2D eigenvalue weighted by Gasteiger charge is -2.72. The van der Waals surface area contributed by atoms with Gasteiger partial charge >= 0.3 is 0 Å². The Morgan fingerprint density at radius 2 is 1.59 bits per heavy atom. The molecule has 5 rings (SSSR count). The van der Waals surface area contributed by atoms with E-state index in [9.17, 15) is 9.90 Å². The first-order valence-electron chi connectivity index (χ1n) is 15.8. The SMILES string of the molecule is C=C(C)[C@@H]1CC[C@]2(C(=O)NCC(C)C)CC[C@]3(C)[C@H](CC[C@@H]4[C@@]5(C)CC[C@H](O)C(C)(C)[C@@H]5CC[C@]43C)[C@@H]12. The summed E-state index contributed by atoms with van der Waals surface area (Å²) in [5, 5.41) is 14.4. The van der Waals surface area contributed by atoms with Gasteiger partial charge in [0.25, 0.3) is 0 Å². The van der Waals surface area contributed by atoms with Crippen LogP contribution in [0.15, 0.2) is 12.2 Å². The average Bonchev–Trinajstić information content (AvgIpc) is 3.22. The van der Waals surface area contributed by atoms with Crippen LogP contribution >= 0.6 is 0 Å². The minimum absolute atomic E-state index is 0.00119. The summed E-state index contributed by atoms with van der Waals surface area (Å²) in [6.07, 6.45) is 11.4. The van der Waals surface area contributed by atoms with Crippen molar-refractivity contribution >= 4 is 5.91 Å². The lowest BCUT2D eigenvalue weighted by molar-refractivity contribution is -0.246. The molecule has 5 fully saturated rings. The van der Waals surface area contributed by atoms with Crippen LogP contribution < -0.4 is 5.32 Å². The molecule has 5 saturated carbocycles. The van der Waals surface area contributed by atoms with Gasteiger partial charge in [-0.05, 0) is 128 Å². The third-order valence-electron chi connectivity index (χ3n) is 14.2. The Balaban J connectivity index is 1.52. The largest absolute Gasteiger partial charge is 0.393 e. The molecule has 0 aromatic carbocycles. The quantitative estimate of drug-likeness (QED) is 0.379. The van der Waals surface area contributed by atoms with E-state index in [1.54, 1.807) is 0 Å². The smallest absolute Gasteiger partial charge is 0.226 e. The molecule has 0 unspecified atom stereocenters.